The van der Waals surface area contributed by atoms with Crippen molar-refractivity contribution in [1.82, 2.24) is 9.55 Å². The molecule has 0 saturated carbocycles. The number of aryl methyl sites for hydroxylation is 1. The van der Waals surface area contributed by atoms with Gasteiger partial charge in [-0.15, -0.1) is 0 Å². The van der Waals surface area contributed by atoms with Gasteiger partial charge in [-0.3, -0.25) is 0 Å². The summed E-state index contributed by atoms with van der Waals surface area (Å²) in [5, 5.41) is 0. The lowest BCUT2D eigenvalue weighted by Gasteiger charge is -2.03. The highest BCUT2D eigenvalue weighted by Gasteiger charge is 2.00. The Labute approximate surface area is 61.9 Å². The molecule has 1 rings (SSSR count). The van der Waals surface area contributed by atoms with Gasteiger partial charge in [-0.05, 0) is 5.92 Å². The van der Waals surface area contributed by atoms with Crippen LogP contribution in [0.1, 0.15) is 19.7 Å². The molecule has 0 unspecified atom stereocenters. The Balaban J connectivity index is 2.65. The molecule has 1 heterocycles. The van der Waals surface area contributed by atoms with Crippen LogP contribution in [0.25, 0.3) is 0 Å². The lowest BCUT2D eigenvalue weighted by molar-refractivity contribution is 0.602. The SMILES string of the molecule is CC(C)Cc1nccn1C. The topological polar surface area (TPSA) is 17.8 Å². The number of nitrogens with zero attached hydrogens (tertiary/aromatic N) is 2. The number of imidazole rings is 1. The van der Waals surface area contributed by atoms with Gasteiger partial charge < -0.3 is 4.57 Å². The average molecular weight is 138 g/mol. The van der Waals surface area contributed by atoms with E-state index in [1.807, 2.05) is 19.4 Å². The summed E-state index contributed by atoms with van der Waals surface area (Å²) in [7, 11) is 2.03. The number of hydrogen-bond acceptors (Lipinski definition) is 1. The van der Waals surface area contributed by atoms with Gasteiger partial charge in [0.15, 0.2) is 0 Å². The first-order valence-electron chi connectivity index (χ1n) is 3.66. The van der Waals surface area contributed by atoms with Crippen molar-refractivity contribution in [2.45, 2.75) is 20.3 Å². The minimum absolute atomic E-state index is 0.695. The van der Waals surface area contributed by atoms with Gasteiger partial charge >= 0.3 is 0 Å². The highest BCUT2D eigenvalue weighted by Crippen LogP contribution is 2.03. The first kappa shape index (κ1) is 7.32. The molecule has 0 radical (unpaired) electrons. The third-order valence-corrected chi connectivity index (χ3v) is 1.51. The maximum Gasteiger partial charge on any atom is 0.108 e. The summed E-state index contributed by atoms with van der Waals surface area (Å²) in [6.07, 6.45) is 4.90. The minimum Gasteiger partial charge on any atom is -0.338 e. The van der Waals surface area contributed by atoms with Crippen LogP contribution in [0, 0.1) is 5.92 Å². The van der Waals surface area contributed by atoms with Crippen LogP contribution in [0.15, 0.2) is 12.4 Å². The molecule has 56 valence electrons. The summed E-state index contributed by atoms with van der Waals surface area (Å²) in [5.41, 5.74) is 0. The molecule has 0 saturated heterocycles. The molecular weight excluding hydrogens is 124 g/mol. The zero-order valence-corrected chi connectivity index (χ0v) is 6.83. The van der Waals surface area contributed by atoms with E-state index in [9.17, 15) is 0 Å². The molecule has 0 fully saturated rings. The van der Waals surface area contributed by atoms with E-state index in [0.29, 0.717) is 5.92 Å². The van der Waals surface area contributed by atoms with Crippen LogP contribution in [0.4, 0.5) is 0 Å². The first-order valence-corrected chi connectivity index (χ1v) is 3.66. The number of rotatable bonds is 2. The molecule has 1 aromatic heterocycles. The van der Waals surface area contributed by atoms with Crippen molar-refractivity contribution < 1.29 is 0 Å². The number of hydrogen-bond donors (Lipinski definition) is 0. The van der Waals surface area contributed by atoms with E-state index in [2.05, 4.69) is 23.4 Å². The summed E-state index contributed by atoms with van der Waals surface area (Å²) in [6.45, 7) is 4.41. The molecule has 2 nitrogen and oxygen atoms in total. The van der Waals surface area contributed by atoms with Crippen molar-refractivity contribution >= 4 is 0 Å². The predicted molar refractivity (Wildman–Crippen MR) is 41.8 cm³/mol. The van der Waals surface area contributed by atoms with Crippen LogP contribution in [0.3, 0.4) is 0 Å². The standard InChI is InChI=1S/C8H14N2/c1-7(2)6-8-9-4-5-10(8)3/h4-5,7H,6H2,1-3H3. The van der Waals surface area contributed by atoms with Crippen molar-refractivity contribution in [1.29, 1.82) is 0 Å². The Morgan fingerprint density at radius 1 is 1.60 bits per heavy atom. The fourth-order valence-electron chi connectivity index (χ4n) is 0.958. The molecule has 0 atom stereocenters. The largest absolute Gasteiger partial charge is 0.338 e. The van der Waals surface area contributed by atoms with Gasteiger partial charge in [0.2, 0.25) is 0 Å². The van der Waals surface area contributed by atoms with Crippen LogP contribution < -0.4 is 0 Å². The second-order valence-corrected chi connectivity index (χ2v) is 3.05. The Hall–Kier alpha value is -0.790. The third kappa shape index (κ3) is 1.59. The Morgan fingerprint density at radius 3 is 2.70 bits per heavy atom. The van der Waals surface area contributed by atoms with Gasteiger partial charge in [-0.1, -0.05) is 13.8 Å². The molecule has 0 aliphatic rings. The van der Waals surface area contributed by atoms with E-state index in [0.717, 1.165) is 6.42 Å². The lowest BCUT2D eigenvalue weighted by atomic mass is 10.1. The fraction of sp³-hybridized carbons (Fsp3) is 0.625. The zero-order chi connectivity index (χ0) is 7.56. The van der Waals surface area contributed by atoms with Crippen molar-refractivity contribution in [2.24, 2.45) is 13.0 Å². The quantitative estimate of drug-likeness (QED) is 0.607. The normalized spacial score (nSPS) is 10.8. The highest BCUT2D eigenvalue weighted by molar-refractivity contribution is 4.91. The number of aromatic nitrogens is 2. The Kier molecular flexibility index (Phi) is 2.10. The molecule has 1 aromatic rings. The highest BCUT2D eigenvalue weighted by atomic mass is 15.0. The summed E-state index contributed by atoms with van der Waals surface area (Å²) >= 11 is 0. The van der Waals surface area contributed by atoms with Gasteiger partial charge in [0, 0.05) is 25.9 Å². The van der Waals surface area contributed by atoms with Gasteiger partial charge in [-0.2, -0.15) is 0 Å². The second kappa shape index (κ2) is 2.86. The molecular formula is C8H14N2. The van der Waals surface area contributed by atoms with E-state index in [1.165, 1.54) is 5.82 Å². The van der Waals surface area contributed by atoms with Crippen LogP contribution >= 0.6 is 0 Å². The summed E-state index contributed by atoms with van der Waals surface area (Å²) in [4.78, 5) is 4.22. The van der Waals surface area contributed by atoms with E-state index >= 15 is 0 Å². The maximum atomic E-state index is 4.22. The Morgan fingerprint density at radius 2 is 2.30 bits per heavy atom. The van der Waals surface area contributed by atoms with E-state index < -0.39 is 0 Å². The molecule has 10 heavy (non-hydrogen) atoms. The van der Waals surface area contributed by atoms with Gasteiger partial charge in [-0.25, -0.2) is 4.98 Å². The molecule has 0 spiro atoms. The molecule has 0 aliphatic carbocycles. The third-order valence-electron chi connectivity index (χ3n) is 1.51. The van der Waals surface area contributed by atoms with E-state index in [4.69, 9.17) is 0 Å². The van der Waals surface area contributed by atoms with Gasteiger partial charge in [0.1, 0.15) is 5.82 Å². The van der Waals surface area contributed by atoms with Crippen molar-refractivity contribution in [3.63, 3.8) is 0 Å². The monoisotopic (exact) mass is 138 g/mol. The molecule has 0 amide bonds. The molecule has 0 bridgehead atoms. The zero-order valence-electron chi connectivity index (χ0n) is 6.83. The first-order chi connectivity index (χ1) is 4.70. The van der Waals surface area contributed by atoms with E-state index in [1.54, 1.807) is 0 Å². The summed E-state index contributed by atoms with van der Waals surface area (Å²) in [5.74, 6) is 1.87. The second-order valence-electron chi connectivity index (χ2n) is 3.05. The Bertz CT molecular complexity index is 201. The van der Waals surface area contributed by atoms with Crippen LogP contribution in [0.5, 0.6) is 0 Å². The van der Waals surface area contributed by atoms with Crippen LogP contribution in [-0.2, 0) is 13.5 Å². The van der Waals surface area contributed by atoms with Crippen LogP contribution in [0.2, 0.25) is 0 Å². The predicted octanol–water partition coefficient (Wildman–Crippen LogP) is 1.62. The molecule has 0 aliphatic heterocycles. The van der Waals surface area contributed by atoms with Crippen LogP contribution in [-0.4, -0.2) is 9.55 Å². The molecule has 0 aromatic carbocycles. The lowest BCUT2D eigenvalue weighted by Crippen LogP contribution is -2.01. The minimum atomic E-state index is 0.695. The van der Waals surface area contributed by atoms with Crippen molar-refractivity contribution in [3.05, 3.63) is 18.2 Å². The maximum absolute atomic E-state index is 4.22. The molecule has 2 heteroatoms. The van der Waals surface area contributed by atoms with Crippen molar-refractivity contribution in [2.75, 3.05) is 0 Å². The van der Waals surface area contributed by atoms with E-state index in [-0.39, 0.29) is 0 Å². The van der Waals surface area contributed by atoms with Crippen molar-refractivity contribution in [3.8, 4) is 0 Å². The average Bonchev–Trinajstić information content (AvgIpc) is 2.15. The summed E-state index contributed by atoms with van der Waals surface area (Å²) in [6, 6.07) is 0. The summed E-state index contributed by atoms with van der Waals surface area (Å²) < 4.78 is 2.07. The fourth-order valence-corrected chi connectivity index (χ4v) is 0.958. The smallest absolute Gasteiger partial charge is 0.108 e. The van der Waals surface area contributed by atoms with Gasteiger partial charge in [0.05, 0.1) is 0 Å². The molecule has 0 N–H and O–H groups in total. The van der Waals surface area contributed by atoms with Gasteiger partial charge in [0.25, 0.3) is 0 Å².